The first kappa shape index (κ1) is 28.2. The van der Waals surface area contributed by atoms with E-state index in [9.17, 15) is 14.4 Å². The Labute approximate surface area is 210 Å². The molecule has 1 aliphatic carbocycles. The topological polar surface area (TPSA) is 87.7 Å². The molecule has 0 heterocycles. The molecule has 35 heavy (non-hydrogen) atoms. The van der Waals surface area contributed by atoms with Gasteiger partial charge < -0.3 is 15.4 Å². The number of hydrogen-bond donors (Lipinski definition) is 2. The lowest BCUT2D eigenvalue weighted by Crippen LogP contribution is -2.54. The van der Waals surface area contributed by atoms with Crippen molar-refractivity contribution in [1.82, 2.24) is 15.5 Å². The van der Waals surface area contributed by atoms with Crippen LogP contribution < -0.4 is 10.6 Å². The molecule has 7 nitrogen and oxygen atoms in total. The third-order valence-corrected chi connectivity index (χ3v) is 6.47. The summed E-state index contributed by atoms with van der Waals surface area (Å²) in [6, 6.07) is 7.97. The van der Waals surface area contributed by atoms with Crippen molar-refractivity contribution in [2.24, 2.45) is 5.92 Å². The van der Waals surface area contributed by atoms with E-state index < -0.39 is 29.7 Å². The van der Waals surface area contributed by atoms with Gasteiger partial charge in [-0.1, -0.05) is 70.2 Å². The second-order valence-electron chi connectivity index (χ2n) is 10.4. The highest BCUT2D eigenvalue weighted by Gasteiger charge is 2.38. The third kappa shape index (κ3) is 8.02. The quantitative estimate of drug-likeness (QED) is 0.409. The normalized spacial score (nSPS) is 16.8. The van der Waals surface area contributed by atoms with Gasteiger partial charge in [0.25, 0.3) is 5.91 Å². The first-order chi connectivity index (χ1) is 16.5. The summed E-state index contributed by atoms with van der Waals surface area (Å²) in [6.07, 6.45) is 10.9. The molecular formula is C28H41N3O4. The number of alkyl carbamates (subject to hydrolysis) is 1. The predicted octanol–water partition coefficient (Wildman–Crippen LogP) is 4.84. The summed E-state index contributed by atoms with van der Waals surface area (Å²) in [4.78, 5) is 41.2. The summed E-state index contributed by atoms with van der Waals surface area (Å²) in [6.45, 7) is 10.9. The molecule has 0 aromatic heterocycles. The fourth-order valence-electron chi connectivity index (χ4n) is 4.35. The van der Waals surface area contributed by atoms with Crippen molar-refractivity contribution in [3.05, 3.63) is 35.4 Å². The van der Waals surface area contributed by atoms with Gasteiger partial charge in [-0.2, -0.15) is 0 Å². The van der Waals surface area contributed by atoms with Crippen LogP contribution in [0.4, 0.5) is 4.79 Å². The van der Waals surface area contributed by atoms with Gasteiger partial charge in [0.1, 0.15) is 17.7 Å². The first-order valence-electron chi connectivity index (χ1n) is 12.6. The lowest BCUT2D eigenvalue weighted by molar-refractivity contribution is -0.139. The summed E-state index contributed by atoms with van der Waals surface area (Å²) >= 11 is 0. The Bertz CT molecular complexity index is 925. The number of ether oxygens (including phenoxy) is 1. The minimum atomic E-state index is -1.01. The van der Waals surface area contributed by atoms with Crippen molar-refractivity contribution in [3.63, 3.8) is 0 Å². The molecule has 0 saturated heterocycles. The zero-order valence-corrected chi connectivity index (χ0v) is 22.0. The summed E-state index contributed by atoms with van der Waals surface area (Å²) < 4.78 is 5.39. The van der Waals surface area contributed by atoms with E-state index in [1.54, 1.807) is 20.8 Å². The third-order valence-electron chi connectivity index (χ3n) is 6.47. The van der Waals surface area contributed by atoms with Crippen molar-refractivity contribution >= 4 is 17.9 Å². The van der Waals surface area contributed by atoms with Crippen LogP contribution in [0.25, 0.3) is 0 Å². The van der Waals surface area contributed by atoms with Crippen LogP contribution in [0.5, 0.6) is 0 Å². The Morgan fingerprint density at radius 2 is 1.80 bits per heavy atom. The van der Waals surface area contributed by atoms with E-state index in [0.717, 1.165) is 42.6 Å². The van der Waals surface area contributed by atoms with Crippen LogP contribution in [0.2, 0.25) is 0 Å². The van der Waals surface area contributed by atoms with Gasteiger partial charge in [-0.05, 0) is 57.6 Å². The number of nitrogens with one attached hydrogen (secondary N) is 2. The smallest absolute Gasteiger partial charge is 0.408 e. The van der Waals surface area contributed by atoms with Crippen LogP contribution in [-0.2, 0) is 14.3 Å². The molecule has 0 radical (unpaired) electrons. The fourth-order valence-corrected chi connectivity index (χ4v) is 4.35. The molecule has 0 aliphatic heterocycles. The Morgan fingerprint density at radius 1 is 1.17 bits per heavy atom. The molecule has 1 saturated carbocycles. The van der Waals surface area contributed by atoms with Gasteiger partial charge in [0.05, 0.1) is 0 Å². The van der Waals surface area contributed by atoms with Gasteiger partial charge in [0.15, 0.2) is 0 Å². The highest BCUT2D eigenvalue weighted by atomic mass is 16.6. The summed E-state index contributed by atoms with van der Waals surface area (Å²) in [5.41, 5.74) is 0.791. The van der Waals surface area contributed by atoms with E-state index in [4.69, 9.17) is 11.2 Å². The number of benzene rings is 1. The van der Waals surface area contributed by atoms with Crippen LogP contribution in [-0.4, -0.2) is 40.5 Å². The average Bonchev–Trinajstić information content (AvgIpc) is 2.80. The number of carbonyl (C=O) groups excluding carboxylic acids is 3. The number of rotatable bonds is 8. The Kier molecular flexibility index (Phi) is 10.2. The van der Waals surface area contributed by atoms with E-state index in [-0.39, 0.29) is 17.9 Å². The van der Waals surface area contributed by atoms with Crippen LogP contribution in [0, 0.1) is 25.3 Å². The largest absolute Gasteiger partial charge is 0.444 e. The van der Waals surface area contributed by atoms with Crippen molar-refractivity contribution in [3.8, 4) is 12.5 Å². The van der Waals surface area contributed by atoms with E-state index in [1.807, 2.05) is 45.0 Å². The van der Waals surface area contributed by atoms with Gasteiger partial charge in [-0.25, -0.2) is 4.79 Å². The monoisotopic (exact) mass is 483 g/mol. The molecule has 192 valence electrons. The molecule has 1 aliphatic rings. The maximum absolute atomic E-state index is 13.8. The molecule has 3 unspecified atom stereocenters. The lowest BCUT2D eigenvalue weighted by Gasteiger charge is -2.34. The Hall–Kier alpha value is -3.01. The predicted molar refractivity (Wildman–Crippen MR) is 137 cm³/mol. The van der Waals surface area contributed by atoms with E-state index in [2.05, 4.69) is 16.7 Å². The van der Waals surface area contributed by atoms with E-state index >= 15 is 0 Å². The maximum atomic E-state index is 13.8. The van der Waals surface area contributed by atoms with Crippen molar-refractivity contribution < 1.29 is 19.1 Å². The molecule has 1 fully saturated rings. The zero-order chi connectivity index (χ0) is 26.2. The highest BCUT2D eigenvalue weighted by molar-refractivity contribution is 5.93. The number of hydrogen-bond acceptors (Lipinski definition) is 4. The van der Waals surface area contributed by atoms with Crippen molar-refractivity contribution in [2.75, 3.05) is 0 Å². The second-order valence-corrected chi connectivity index (χ2v) is 10.4. The first-order valence-corrected chi connectivity index (χ1v) is 12.6. The van der Waals surface area contributed by atoms with Gasteiger partial charge in [-0.3, -0.25) is 14.5 Å². The number of terminal acetylenes is 1. The van der Waals surface area contributed by atoms with Crippen LogP contribution >= 0.6 is 0 Å². The van der Waals surface area contributed by atoms with Gasteiger partial charge >= 0.3 is 6.09 Å². The highest BCUT2D eigenvalue weighted by Crippen LogP contribution is 2.27. The molecule has 2 rings (SSSR count). The SMILES string of the molecule is C#CN(C(=O)C(NC(=O)OC(C)(C)C)C(C)CC)C(C(=O)NC1CCCCC1)c1ccccc1C. The Balaban J connectivity index is 2.41. The molecule has 7 heteroatoms. The molecule has 0 spiro atoms. The molecule has 1 aromatic carbocycles. The van der Waals surface area contributed by atoms with Crippen LogP contribution in [0.3, 0.4) is 0 Å². The van der Waals surface area contributed by atoms with E-state index in [1.165, 1.54) is 0 Å². The maximum Gasteiger partial charge on any atom is 0.408 e. The average molecular weight is 484 g/mol. The standard InChI is InChI=1S/C28H41N3O4/c1-8-19(3)23(30-27(34)35-28(5,6)7)26(33)31(9-2)24(22-18-14-13-15-20(22)4)25(32)29-21-16-11-10-12-17-21/h2,13-15,18-19,21,23-24H,8,10-12,16-17H2,1,3-7H3,(H,29,32)(H,30,34). The van der Waals surface area contributed by atoms with Gasteiger partial charge in [0.2, 0.25) is 5.91 Å². The molecule has 2 N–H and O–H groups in total. The zero-order valence-electron chi connectivity index (χ0n) is 22.0. The van der Waals surface area contributed by atoms with Crippen molar-refractivity contribution in [2.45, 2.75) is 104 Å². The van der Waals surface area contributed by atoms with Crippen LogP contribution in [0.15, 0.2) is 24.3 Å². The number of nitrogens with zero attached hydrogens (tertiary/aromatic N) is 1. The number of aryl methyl sites for hydroxylation is 1. The Morgan fingerprint density at radius 3 is 2.34 bits per heavy atom. The number of carbonyl (C=O) groups is 3. The van der Waals surface area contributed by atoms with Gasteiger partial charge in [-0.15, -0.1) is 0 Å². The lowest BCUT2D eigenvalue weighted by atomic mass is 9.93. The minimum Gasteiger partial charge on any atom is -0.444 e. The van der Waals surface area contributed by atoms with E-state index in [0.29, 0.717) is 12.0 Å². The second kappa shape index (κ2) is 12.6. The molecule has 3 atom stereocenters. The molecular weight excluding hydrogens is 442 g/mol. The minimum absolute atomic E-state index is 0.0581. The van der Waals surface area contributed by atoms with Crippen LogP contribution in [0.1, 0.15) is 90.3 Å². The summed E-state index contributed by atoms with van der Waals surface area (Å²) in [5, 5.41) is 5.83. The van der Waals surface area contributed by atoms with Gasteiger partial charge in [0, 0.05) is 12.1 Å². The molecule has 1 aromatic rings. The number of amides is 3. The molecule has 0 bridgehead atoms. The fraction of sp³-hybridized carbons (Fsp3) is 0.607. The molecule has 3 amide bonds. The summed E-state index contributed by atoms with van der Waals surface area (Å²) in [7, 11) is 0. The summed E-state index contributed by atoms with van der Waals surface area (Å²) in [5.74, 6) is -1.05. The van der Waals surface area contributed by atoms with Crippen molar-refractivity contribution in [1.29, 1.82) is 0 Å².